The van der Waals surface area contributed by atoms with Crippen LogP contribution in [0.5, 0.6) is 5.75 Å². The van der Waals surface area contributed by atoms with E-state index in [1.165, 1.54) is 24.3 Å². The van der Waals surface area contributed by atoms with Gasteiger partial charge in [-0.05, 0) is 42.3 Å². The lowest BCUT2D eigenvalue weighted by molar-refractivity contribution is 0.0948. The van der Waals surface area contributed by atoms with Crippen molar-refractivity contribution in [2.24, 2.45) is 0 Å². The van der Waals surface area contributed by atoms with Gasteiger partial charge in [0, 0.05) is 12.1 Å². The van der Waals surface area contributed by atoms with Gasteiger partial charge in [-0.25, -0.2) is 4.39 Å². The molecule has 2 aromatic carbocycles. The van der Waals surface area contributed by atoms with Crippen molar-refractivity contribution < 1.29 is 19.4 Å². The summed E-state index contributed by atoms with van der Waals surface area (Å²) in [7, 11) is 0. The summed E-state index contributed by atoms with van der Waals surface area (Å²) in [6.07, 6.45) is 0. The highest BCUT2D eigenvalue weighted by molar-refractivity contribution is 5.96. The van der Waals surface area contributed by atoms with Crippen LogP contribution in [-0.2, 0) is 13.2 Å². The van der Waals surface area contributed by atoms with E-state index >= 15 is 0 Å². The minimum atomic E-state index is -0.483. The van der Waals surface area contributed by atoms with Crippen LogP contribution in [0.15, 0.2) is 36.4 Å². The molecule has 0 saturated heterocycles. The van der Waals surface area contributed by atoms with Gasteiger partial charge in [-0.2, -0.15) is 0 Å². The molecule has 4 nitrogen and oxygen atoms in total. The maximum absolute atomic E-state index is 13.2. The van der Waals surface area contributed by atoms with Crippen LogP contribution < -0.4 is 5.32 Å². The molecule has 0 aromatic heterocycles. The maximum atomic E-state index is 13.2. The number of aliphatic hydroxyl groups is 1. The number of carbonyl (C=O) groups is 1. The lowest BCUT2D eigenvalue weighted by atomic mass is 10.1. The highest BCUT2D eigenvalue weighted by Gasteiger charge is 2.11. The summed E-state index contributed by atoms with van der Waals surface area (Å²) in [5.41, 5.74) is 1.89. The molecule has 0 aliphatic rings. The van der Waals surface area contributed by atoms with Gasteiger partial charge < -0.3 is 15.5 Å². The van der Waals surface area contributed by atoms with Gasteiger partial charge in [0.05, 0.1) is 12.2 Å². The normalized spacial score (nSPS) is 10.4. The summed E-state index contributed by atoms with van der Waals surface area (Å²) in [5, 5.41) is 21.4. The molecule has 0 spiro atoms. The van der Waals surface area contributed by atoms with E-state index in [2.05, 4.69) is 5.32 Å². The van der Waals surface area contributed by atoms with Gasteiger partial charge in [0.15, 0.2) is 0 Å². The molecule has 0 fully saturated rings. The Morgan fingerprint density at radius 3 is 2.67 bits per heavy atom. The smallest absolute Gasteiger partial charge is 0.255 e. The van der Waals surface area contributed by atoms with Crippen LogP contribution in [0, 0.1) is 12.7 Å². The number of hydrogen-bond acceptors (Lipinski definition) is 3. The van der Waals surface area contributed by atoms with Gasteiger partial charge in [-0.1, -0.05) is 12.1 Å². The van der Waals surface area contributed by atoms with Crippen molar-refractivity contribution in [2.45, 2.75) is 20.1 Å². The fourth-order valence-electron chi connectivity index (χ4n) is 1.97. The molecule has 21 heavy (non-hydrogen) atoms. The second kappa shape index (κ2) is 6.37. The van der Waals surface area contributed by atoms with Crippen LogP contribution in [0.25, 0.3) is 0 Å². The molecule has 0 bridgehead atoms. The molecule has 110 valence electrons. The highest BCUT2D eigenvalue weighted by Crippen LogP contribution is 2.18. The van der Waals surface area contributed by atoms with Crippen molar-refractivity contribution in [1.82, 2.24) is 5.32 Å². The summed E-state index contributed by atoms with van der Waals surface area (Å²) < 4.78 is 13.2. The van der Waals surface area contributed by atoms with E-state index in [9.17, 15) is 14.3 Å². The van der Waals surface area contributed by atoms with Gasteiger partial charge in [-0.3, -0.25) is 4.79 Å². The summed E-state index contributed by atoms with van der Waals surface area (Å²) >= 11 is 0. The van der Waals surface area contributed by atoms with Gasteiger partial charge >= 0.3 is 0 Å². The molecule has 3 N–H and O–H groups in total. The molecule has 0 heterocycles. The molecule has 0 atom stereocenters. The van der Waals surface area contributed by atoms with Crippen LogP contribution in [0.4, 0.5) is 4.39 Å². The Bertz CT molecular complexity index is 671. The Morgan fingerprint density at radius 2 is 2.00 bits per heavy atom. The first-order chi connectivity index (χ1) is 10.0. The summed E-state index contributed by atoms with van der Waals surface area (Å²) in [6, 6.07) is 9.06. The number of aromatic hydroxyl groups is 1. The van der Waals surface area contributed by atoms with Crippen molar-refractivity contribution in [3.8, 4) is 5.75 Å². The zero-order valence-electron chi connectivity index (χ0n) is 11.6. The third kappa shape index (κ3) is 3.58. The van der Waals surface area contributed by atoms with Gasteiger partial charge in [-0.15, -0.1) is 0 Å². The molecule has 0 saturated carbocycles. The number of nitrogens with one attached hydrogen (secondary N) is 1. The van der Waals surface area contributed by atoms with E-state index in [1.54, 1.807) is 12.1 Å². The zero-order valence-corrected chi connectivity index (χ0v) is 11.6. The third-order valence-electron chi connectivity index (χ3n) is 3.13. The Hall–Kier alpha value is -2.40. The zero-order chi connectivity index (χ0) is 15.4. The number of benzene rings is 2. The van der Waals surface area contributed by atoms with E-state index in [-0.39, 0.29) is 23.4 Å². The van der Waals surface area contributed by atoms with Gasteiger partial charge in [0.25, 0.3) is 5.91 Å². The Balaban J connectivity index is 2.07. The topological polar surface area (TPSA) is 69.6 Å². The number of hydrogen-bond donors (Lipinski definition) is 3. The Kier molecular flexibility index (Phi) is 4.55. The average Bonchev–Trinajstić information content (AvgIpc) is 2.46. The number of halogens is 1. The van der Waals surface area contributed by atoms with Crippen LogP contribution in [0.2, 0.25) is 0 Å². The number of aliphatic hydroxyl groups excluding tert-OH is 1. The number of aryl methyl sites for hydroxylation is 1. The second-order valence-corrected chi connectivity index (χ2v) is 4.79. The van der Waals surface area contributed by atoms with E-state index in [1.807, 2.05) is 6.92 Å². The van der Waals surface area contributed by atoms with Crippen LogP contribution in [-0.4, -0.2) is 16.1 Å². The number of carbonyl (C=O) groups excluding carboxylic acids is 1. The minimum absolute atomic E-state index is 0.0809. The van der Waals surface area contributed by atoms with E-state index < -0.39 is 18.3 Å². The quantitative estimate of drug-likeness (QED) is 0.808. The first-order valence-corrected chi connectivity index (χ1v) is 6.47. The average molecular weight is 289 g/mol. The molecule has 0 aliphatic carbocycles. The Labute approximate surface area is 121 Å². The maximum Gasteiger partial charge on any atom is 0.255 e. The van der Waals surface area contributed by atoms with E-state index in [0.29, 0.717) is 5.56 Å². The van der Waals surface area contributed by atoms with Crippen molar-refractivity contribution in [3.05, 3.63) is 64.5 Å². The fraction of sp³-hybridized carbons (Fsp3) is 0.188. The molecular weight excluding hydrogens is 273 g/mol. The molecule has 1 amide bonds. The summed E-state index contributed by atoms with van der Waals surface area (Å²) in [6.45, 7) is 1.60. The van der Waals surface area contributed by atoms with Crippen molar-refractivity contribution >= 4 is 5.91 Å². The first kappa shape index (κ1) is 15.0. The van der Waals surface area contributed by atoms with Crippen molar-refractivity contribution in [2.75, 3.05) is 0 Å². The molecule has 0 radical (unpaired) electrons. The number of phenols is 1. The lowest BCUT2D eigenvalue weighted by Gasteiger charge is -2.09. The van der Waals surface area contributed by atoms with Gasteiger partial charge in [0.2, 0.25) is 0 Å². The standard InChI is InChI=1S/C16H16FNO3/c1-10-2-4-13(15(20)6-10)16(21)18-8-11-3-5-14(17)12(7-11)9-19/h2-7,19-20H,8-9H2,1H3,(H,18,21). The molecule has 0 aliphatic heterocycles. The highest BCUT2D eigenvalue weighted by atomic mass is 19.1. The second-order valence-electron chi connectivity index (χ2n) is 4.79. The van der Waals surface area contributed by atoms with Crippen LogP contribution in [0.1, 0.15) is 27.0 Å². The largest absolute Gasteiger partial charge is 0.507 e. The summed E-state index contributed by atoms with van der Waals surface area (Å²) in [5.74, 6) is -0.978. The molecule has 0 unspecified atom stereocenters. The summed E-state index contributed by atoms with van der Waals surface area (Å²) in [4.78, 5) is 12.0. The predicted octanol–water partition coefficient (Wildman–Crippen LogP) is 2.26. The predicted molar refractivity (Wildman–Crippen MR) is 76.3 cm³/mol. The number of amides is 1. The molecule has 5 heteroatoms. The first-order valence-electron chi connectivity index (χ1n) is 6.47. The third-order valence-corrected chi connectivity index (χ3v) is 3.13. The molecule has 2 rings (SSSR count). The van der Waals surface area contributed by atoms with Gasteiger partial charge in [0.1, 0.15) is 11.6 Å². The molecule has 2 aromatic rings. The number of phenolic OH excluding ortho intramolecular Hbond substituents is 1. The van der Waals surface area contributed by atoms with E-state index in [0.717, 1.165) is 5.56 Å². The molecular formula is C16H16FNO3. The number of rotatable bonds is 4. The fourth-order valence-corrected chi connectivity index (χ4v) is 1.97. The van der Waals surface area contributed by atoms with Crippen LogP contribution in [0.3, 0.4) is 0 Å². The van der Waals surface area contributed by atoms with Crippen LogP contribution >= 0.6 is 0 Å². The minimum Gasteiger partial charge on any atom is -0.507 e. The SMILES string of the molecule is Cc1ccc(C(=O)NCc2ccc(F)c(CO)c2)c(O)c1. The van der Waals surface area contributed by atoms with E-state index in [4.69, 9.17) is 5.11 Å². The monoisotopic (exact) mass is 289 g/mol. The lowest BCUT2D eigenvalue weighted by Crippen LogP contribution is -2.23. The van der Waals surface area contributed by atoms with Crippen molar-refractivity contribution in [3.63, 3.8) is 0 Å². The Morgan fingerprint density at radius 1 is 1.24 bits per heavy atom. The van der Waals surface area contributed by atoms with Crippen molar-refractivity contribution in [1.29, 1.82) is 0 Å².